The molecule has 106 valence electrons. The van der Waals surface area contributed by atoms with Gasteiger partial charge in [0.05, 0.1) is 12.2 Å². The highest BCUT2D eigenvalue weighted by Crippen LogP contribution is 2.24. The van der Waals surface area contributed by atoms with Crippen molar-refractivity contribution in [1.82, 2.24) is 10.3 Å². The van der Waals surface area contributed by atoms with Gasteiger partial charge in [0.15, 0.2) is 0 Å². The molecule has 0 aliphatic heterocycles. The minimum Gasteiger partial charge on any atom is -0.306 e. The van der Waals surface area contributed by atoms with E-state index in [0.29, 0.717) is 5.56 Å². The van der Waals surface area contributed by atoms with Crippen LogP contribution in [0.3, 0.4) is 0 Å². The zero-order chi connectivity index (χ0) is 14.4. The van der Waals surface area contributed by atoms with E-state index >= 15 is 0 Å². The molecular formula is C17H21FN2. The third kappa shape index (κ3) is 3.42. The van der Waals surface area contributed by atoms with E-state index in [1.807, 2.05) is 0 Å². The number of aromatic nitrogens is 1. The van der Waals surface area contributed by atoms with Crippen LogP contribution in [-0.2, 0) is 6.42 Å². The van der Waals surface area contributed by atoms with Gasteiger partial charge in [-0.25, -0.2) is 4.39 Å². The maximum absolute atomic E-state index is 14.0. The number of pyridine rings is 1. The van der Waals surface area contributed by atoms with E-state index < -0.39 is 0 Å². The molecule has 0 aliphatic carbocycles. The summed E-state index contributed by atoms with van der Waals surface area (Å²) in [6.07, 6.45) is 4.93. The van der Waals surface area contributed by atoms with Gasteiger partial charge in [-0.05, 0) is 36.6 Å². The molecule has 2 nitrogen and oxygen atoms in total. The van der Waals surface area contributed by atoms with Crippen molar-refractivity contribution in [3.63, 3.8) is 0 Å². The van der Waals surface area contributed by atoms with Crippen LogP contribution in [0.25, 0.3) is 0 Å². The van der Waals surface area contributed by atoms with E-state index in [2.05, 4.69) is 48.4 Å². The van der Waals surface area contributed by atoms with Crippen LogP contribution < -0.4 is 5.32 Å². The standard InChI is InChI=1S/C17H21FN2/c1-3-10-20-17(15-9-11-19-12-16(15)18)14-7-5-13(4-2)6-8-14/h5-9,11-12,17,20H,3-4,10H2,1-2H3. The van der Waals surface area contributed by atoms with Crippen molar-refractivity contribution in [1.29, 1.82) is 0 Å². The van der Waals surface area contributed by atoms with Crippen molar-refractivity contribution in [3.05, 3.63) is 65.2 Å². The lowest BCUT2D eigenvalue weighted by atomic mass is 9.97. The zero-order valence-electron chi connectivity index (χ0n) is 12.1. The van der Waals surface area contributed by atoms with Gasteiger partial charge < -0.3 is 5.32 Å². The number of halogens is 1. The summed E-state index contributed by atoms with van der Waals surface area (Å²) in [5.41, 5.74) is 3.02. The lowest BCUT2D eigenvalue weighted by Gasteiger charge is -2.20. The molecule has 0 bridgehead atoms. The molecule has 0 saturated carbocycles. The molecule has 0 fully saturated rings. The number of rotatable bonds is 6. The number of hydrogen-bond acceptors (Lipinski definition) is 2. The molecule has 0 spiro atoms. The molecule has 3 heteroatoms. The third-order valence-corrected chi connectivity index (χ3v) is 3.43. The third-order valence-electron chi connectivity index (χ3n) is 3.43. The highest BCUT2D eigenvalue weighted by atomic mass is 19.1. The lowest BCUT2D eigenvalue weighted by Crippen LogP contribution is -2.24. The summed E-state index contributed by atoms with van der Waals surface area (Å²) in [5.74, 6) is -0.263. The molecular weight excluding hydrogens is 251 g/mol. The monoisotopic (exact) mass is 272 g/mol. The summed E-state index contributed by atoms with van der Waals surface area (Å²) in [6.45, 7) is 5.08. The minimum atomic E-state index is -0.263. The molecule has 1 aromatic carbocycles. The molecule has 1 aromatic heterocycles. The second-order valence-electron chi connectivity index (χ2n) is 4.88. The summed E-state index contributed by atoms with van der Waals surface area (Å²) in [4.78, 5) is 3.83. The van der Waals surface area contributed by atoms with Crippen molar-refractivity contribution in [2.75, 3.05) is 6.54 Å². The molecule has 0 aliphatic rings. The van der Waals surface area contributed by atoms with E-state index in [1.54, 1.807) is 12.3 Å². The Bertz CT molecular complexity index is 537. The van der Waals surface area contributed by atoms with Gasteiger partial charge in [-0.15, -0.1) is 0 Å². The Morgan fingerprint density at radius 2 is 1.90 bits per heavy atom. The molecule has 0 radical (unpaired) electrons. The predicted octanol–water partition coefficient (Wildman–Crippen LogP) is 3.87. The summed E-state index contributed by atoms with van der Waals surface area (Å²) >= 11 is 0. The smallest absolute Gasteiger partial charge is 0.146 e. The van der Waals surface area contributed by atoms with Crippen molar-refractivity contribution in [2.24, 2.45) is 0 Å². The van der Waals surface area contributed by atoms with Crippen molar-refractivity contribution in [3.8, 4) is 0 Å². The SMILES string of the molecule is CCCNC(c1ccc(CC)cc1)c1ccncc1F. The Labute approximate surface area is 120 Å². The largest absolute Gasteiger partial charge is 0.306 e. The van der Waals surface area contributed by atoms with Crippen LogP contribution in [0.4, 0.5) is 4.39 Å². The zero-order valence-corrected chi connectivity index (χ0v) is 12.1. The number of nitrogens with one attached hydrogen (secondary N) is 1. The van der Waals surface area contributed by atoms with Gasteiger partial charge in [0.2, 0.25) is 0 Å². The maximum atomic E-state index is 14.0. The first-order chi connectivity index (χ1) is 9.76. The fourth-order valence-corrected chi connectivity index (χ4v) is 2.26. The number of hydrogen-bond donors (Lipinski definition) is 1. The topological polar surface area (TPSA) is 24.9 Å². The Kier molecular flexibility index (Phi) is 5.24. The molecule has 1 unspecified atom stereocenters. The van der Waals surface area contributed by atoms with E-state index in [9.17, 15) is 4.39 Å². The molecule has 1 N–H and O–H groups in total. The Hall–Kier alpha value is -1.74. The van der Waals surface area contributed by atoms with Gasteiger partial charge in [-0.3, -0.25) is 4.98 Å². The summed E-state index contributed by atoms with van der Waals surface area (Å²) in [7, 11) is 0. The van der Waals surface area contributed by atoms with Gasteiger partial charge >= 0.3 is 0 Å². The lowest BCUT2D eigenvalue weighted by molar-refractivity contribution is 0.543. The molecule has 2 rings (SSSR count). The van der Waals surface area contributed by atoms with Crippen molar-refractivity contribution >= 4 is 0 Å². The van der Waals surface area contributed by atoms with Crippen LogP contribution in [0.2, 0.25) is 0 Å². The Balaban J connectivity index is 2.33. The summed E-state index contributed by atoms with van der Waals surface area (Å²) in [5, 5.41) is 3.41. The van der Waals surface area contributed by atoms with Gasteiger partial charge in [0.1, 0.15) is 5.82 Å². The molecule has 20 heavy (non-hydrogen) atoms. The highest BCUT2D eigenvalue weighted by Gasteiger charge is 2.17. The van der Waals surface area contributed by atoms with E-state index in [4.69, 9.17) is 0 Å². The first-order valence-electron chi connectivity index (χ1n) is 7.17. The molecule has 1 atom stereocenters. The average Bonchev–Trinajstić information content (AvgIpc) is 2.50. The summed E-state index contributed by atoms with van der Waals surface area (Å²) in [6, 6.07) is 9.99. The Morgan fingerprint density at radius 3 is 2.50 bits per heavy atom. The predicted molar refractivity (Wildman–Crippen MR) is 80.2 cm³/mol. The van der Waals surface area contributed by atoms with Crippen LogP contribution in [0.5, 0.6) is 0 Å². The first kappa shape index (κ1) is 14.7. The van der Waals surface area contributed by atoms with Gasteiger partial charge in [-0.2, -0.15) is 0 Å². The average molecular weight is 272 g/mol. The van der Waals surface area contributed by atoms with Crippen LogP contribution >= 0.6 is 0 Å². The van der Waals surface area contributed by atoms with Gasteiger partial charge in [0.25, 0.3) is 0 Å². The van der Waals surface area contributed by atoms with Crippen molar-refractivity contribution < 1.29 is 4.39 Å². The first-order valence-corrected chi connectivity index (χ1v) is 7.17. The van der Waals surface area contributed by atoms with Gasteiger partial charge in [0, 0.05) is 11.8 Å². The Morgan fingerprint density at radius 1 is 1.15 bits per heavy atom. The quantitative estimate of drug-likeness (QED) is 0.863. The number of benzene rings is 1. The normalized spacial score (nSPS) is 12.3. The fourth-order valence-electron chi connectivity index (χ4n) is 2.26. The second-order valence-corrected chi connectivity index (χ2v) is 4.88. The molecule has 1 heterocycles. The number of nitrogens with zero attached hydrogens (tertiary/aromatic N) is 1. The molecule has 0 amide bonds. The van der Waals surface area contributed by atoms with E-state index in [1.165, 1.54) is 11.8 Å². The summed E-state index contributed by atoms with van der Waals surface area (Å²) < 4.78 is 14.0. The highest BCUT2D eigenvalue weighted by molar-refractivity contribution is 5.33. The van der Waals surface area contributed by atoms with Crippen LogP contribution in [0.15, 0.2) is 42.7 Å². The van der Waals surface area contributed by atoms with Crippen LogP contribution in [0, 0.1) is 5.82 Å². The molecule has 0 saturated heterocycles. The minimum absolute atomic E-state index is 0.121. The molecule has 2 aromatic rings. The van der Waals surface area contributed by atoms with Gasteiger partial charge in [-0.1, -0.05) is 38.1 Å². The fraction of sp³-hybridized carbons (Fsp3) is 0.353. The van der Waals surface area contributed by atoms with E-state index in [0.717, 1.165) is 24.9 Å². The van der Waals surface area contributed by atoms with Crippen molar-refractivity contribution in [2.45, 2.75) is 32.7 Å². The van der Waals surface area contributed by atoms with Crippen LogP contribution in [0.1, 0.15) is 43.0 Å². The maximum Gasteiger partial charge on any atom is 0.146 e. The van der Waals surface area contributed by atoms with Crippen LogP contribution in [-0.4, -0.2) is 11.5 Å². The van der Waals surface area contributed by atoms with E-state index in [-0.39, 0.29) is 11.9 Å². The second kappa shape index (κ2) is 7.15. The number of aryl methyl sites for hydroxylation is 1.